The van der Waals surface area contributed by atoms with E-state index in [1.807, 2.05) is 17.5 Å². The first-order valence-corrected chi connectivity index (χ1v) is 9.97. The summed E-state index contributed by atoms with van der Waals surface area (Å²) in [5.74, 6) is 0.0300. The third-order valence-corrected chi connectivity index (χ3v) is 5.66. The first-order chi connectivity index (χ1) is 13.0. The number of thiazole rings is 1. The van der Waals surface area contributed by atoms with Crippen molar-refractivity contribution in [1.82, 2.24) is 10.3 Å². The van der Waals surface area contributed by atoms with Crippen molar-refractivity contribution in [3.63, 3.8) is 0 Å². The van der Waals surface area contributed by atoms with E-state index in [4.69, 9.17) is 16.3 Å². The standard InChI is InChI=1S/C18H16ClN3O3S2/c1-10(23)20-8-12-4-6-16(27-12)14-9-26-18(21-14)22-17(24)13-7-11(19)3-5-15(13)25-2/h3-7,9H,8H2,1-2H3,(H,20,23)(H,21,22,24). The Hall–Kier alpha value is -2.42. The van der Waals surface area contributed by atoms with Crippen molar-refractivity contribution >= 4 is 51.2 Å². The van der Waals surface area contributed by atoms with Gasteiger partial charge in [0, 0.05) is 22.2 Å². The van der Waals surface area contributed by atoms with E-state index in [0.29, 0.717) is 28.0 Å². The van der Waals surface area contributed by atoms with Crippen LogP contribution in [0, 0.1) is 0 Å². The second-order valence-electron chi connectivity index (χ2n) is 5.51. The third-order valence-electron chi connectivity index (χ3n) is 3.56. The highest BCUT2D eigenvalue weighted by atomic mass is 35.5. The molecule has 0 fully saturated rings. The molecule has 2 N–H and O–H groups in total. The maximum absolute atomic E-state index is 12.5. The predicted octanol–water partition coefficient (Wildman–Crippen LogP) is 4.42. The molecule has 0 aliphatic carbocycles. The summed E-state index contributed by atoms with van der Waals surface area (Å²) in [5, 5.41) is 8.34. The number of benzene rings is 1. The molecule has 0 aliphatic rings. The number of ether oxygens (including phenoxy) is 1. The molecule has 27 heavy (non-hydrogen) atoms. The molecule has 3 aromatic rings. The SMILES string of the molecule is COc1ccc(Cl)cc1C(=O)Nc1nc(-c2ccc(CNC(C)=O)s2)cs1. The minimum atomic E-state index is -0.340. The molecule has 140 valence electrons. The largest absolute Gasteiger partial charge is 0.496 e. The molecule has 3 rings (SSSR count). The van der Waals surface area contributed by atoms with E-state index < -0.39 is 0 Å². The lowest BCUT2D eigenvalue weighted by Gasteiger charge is -2.08. The van der Waals surface area contributed by atoms with E-state index in [9.17, 15) is 9.59 Å². The summed E-state index contributed by atoms with van der Waals surface area (Å²) in [7, 11) is 1.50. The Bertz CT molecular complexity index is 984. The van der Waals surface area contributed by atoms with Crippen molar-refractivity contribution in [3.05, 3.63) is 51.2 Å². The number of anilines is 1. The van der Waals surface area contributed by atoms with Crippen LogP contribution in [0.15, 0.2) is 35.7 Å². The van der Waals surface area contributed by atoms with Crippen molar-refractivity contribution in [2.24, 2.45) is 0 Å². The number of aromatic nitrogens is 1. The summed E-state index contributed by atoms with van der Waals surface area (Å²) in [4.78, 5) is 30.0. The summed E-state index contributed by atoms with van der Waals surface area (Å²) in [6.45, 7) is 1.97. The molecule has 0 atom stereocenters. The van der Waals surface area contributed by atoms with Gasteiger partial charge in [-0.3, -0.25) is 14.9 Å². The van der Waals surface area contributed by atoms with Crippen LogP contribution >= 0.6 is 34.3 Å². The van der Waals surface area contributed by atoms with E-state index in [0.717, 1.165) is 15.4 Å². The van der Waals surface area contributed by atoms with Crippen molar-refractivity contribution < 1.29 is 14.3 Å². The third kappa shape index (κ3) is 4.85. The fourth-order valence-electron chi connectivity index (χ4n) is 2.29. The van der Waals surface area contributed by atoms with E-state index in [-0.39, 0.29) is 11.8 Å². The van der Waals surface area contributed by atoms with E-state index in [1.54, 1.807) is 29.5 Å². The minimum absolute atomic E-state index is 0.0694. The topological polar surface area (TPSA) is 80.3 Å². The highest BCUT2D eigenvalue weighted by molar-refractivity contribution is 7.17. The zero-order valence-corrected chi connectivity index (χ0v) is 16.9. The Morgan fingerprint density at radius 3 is 2.81 bits per heavy atom. The van der Waals surface area contributed by atoms with E-state index >= 15 is 0 Å². The van der Waals surface area contributed by atoms with Crippen LogP contribution in [-0.4, -0.2) is 23.9 Å². The summed E-state index contributed by atoms with van der Waals surface area (Å²) < 4.78 is 5.21. The maximum atomic E-state index is 12.5. The number of halogens is 1. The number of rotatable bonds is 6. The van der Waals surface area contributed by atoms with Crippen LogP contribution in [0.5, 0.6) is 5.75 Å². The lowest BCUT2D eigenvalue weighted by molar-refractivity contribution is -0.119. The number of hydrogen-bond acceptors (Lipinski definition) is 6. The average molecular weight is 422 g/mol. The molecule has 0 aliphatic heterocycles. The Balaban J connectivity index is 1.72. The van der Waals surface area contributed by atoms with Gasteiger partial charge in [0.25, 0.3) is 5.91 Å². The molecule has 0 bridgehead atoms. The monoisotopic (exact) mass is 421 g/mol. The summed E-state index contributed by atoms with van der Waals surface area (Å²) in [5.41, 5.74) is 1.11. The second-order valence-corrected chi connectivity index (χ2v) is 7.98. The van der Waals surface area contributed by atoms with Gasteiger partial charge in [-0.15, -0.1) is 22.7 Å². The number of thiophene rings is 1. The van der Waals surface area contributed by atoms with Gasteiger partial charge in [0.1, 0.15) is 5.75 Å². The molecule has 2 amide bonds. The van der Waals surface area contributed by atoms with Crippen molar-refractivity contribution in [3.8, 4) is 16.3 Å². The predicted molar refractivity (Wildman–Crippen MR) is 109 cm³/mol. The average Bonchev–Trinajstić information content (AvgIpc) is 3.29. The fraction of sp³-hybridized carbons (Fsp3) is 0.167. The number of nitrogens with one attached hydrogen (secondary N) is 2. The second kappa shape index (κ2) is 8.51. The van der Waals surface area contributed by atoms with Gasteiger partial charge in [-0.05, 0) is 30.3 Å². The molecule has 0 saturated heterocycles. The summed E-state index contributed by atoms with van der Waals surface area (Å²) in [6.07, 6.45) is 0. The van der Waals surface area contributed by atoms with Crippen LogP contribution in [0.1, 0.15) is 22.2 Å². The molecule has 0 unspecified atom stereocenters. The van der Waals surface area contributed by atoms with E-state index in [1.165, 1.54) is 25.4 Å². The van der Waals surface area contributed by atoms with Gasteiger partial charge in [0.2, 0.25) is 5.91 Å². The molecule has 0 radical (unpaired) electrons. The highest BCUT2D eigenvalue weighted by Crippen LogP contribution is 2.31. The van der Waals surface area contributed by atoms with Gasteiger partial charge >= 0.3 is 0 Å². The molecule has 0 spiro atoms. The number of amides is 2. The van der Waals surface area contributed by atoms with Gasteiger partial charge in [-0.1, -0.05) is 11.6 Å². The van der Waals surface area contributed by atoms with E-state index in [2.05, 4.69) is 15.6 Å². The Labute approximate surface area is 169 Å². The van der Waals surface area contributed by atoms with Crippen LogP contribution < -0.4 is 15.4 Å². The number of carbonyl (C=O) groups is 2. The van der Waals surface area contributed by atoms with Crippen LogP contribution in [0.25, 0.3) is 10.6 Å². The molecule has 9 heteroatoms. The smallest absolute Gasteiger partial charge is 0.261 e. The number of nitrogens with zero attached hydrogens (tertiary/aromatic N) is 1. The van der Waals surface area contributed by atoms with Crippen molar-refractivity contribution in [1.29, 1.82) is 0 Å². The van der Waals surface area contributed by atoms with Gasteiger partial charge < -0.3 is 10.1 Å². The van der Waals surface area contributed by atoms with Crippen molar-refractivity contribution in [2.45, 2.75) is 13.5 Å². The van der Waals surface area contributed by atoms with Crippen LogP contribution in [0.4, 0.5) is 5.13 Å². The quantitative estimate of drug-likeness (QED) is 0.617. The van der Waals surface area contributed by atoms with Gasteiger partial charge in [-0.25, -0.2) is 4.98 Å². The lowest BCUT2D eigenvalue weighted by Crippen LogP contribution is -2.17. The molecule has 1 aromatic carbocycles. The molecule has 6 nitrogen and oxygen atoms in total. The Morgan fingerprint density at radius 2 is 2.07 bits per heavy atom. The lowest BCUT2D eigenvalue weighted by atomic mass is 10.2. The highest BCUT2D eigenvalue weighted by Gasteiger charge is 2.15. The van der Waals surface area contributed by atoms with Crippen molar-refractivity contribution in [2.75, 3.05) is 12.4 Å². The zero-order chi connectivity index (χ0) is 19.4. The Morgan fingerprint density at radius 1 is 1.26 bits per heavy atom. The zero-order valence-electron chi connectivity index (χ0n) is 14.5. The molecule has 2 heterocycles. The first-order valence-electron chi connectivity index (χ1n) is 7.90. The first kappa shape index (κ1) is 19.3. The van der Waals surface area contributed by atoms with Gasteiger partial charge in [0.05, 0.1) is 29.8 Å². The fourth-order valence-corrected chi connectivity index (χ4v) is 4.15. The Kier molecular flexibility index (Phi) is 6.10. The van der Waals surface area contributed by atoms with Crippen LogP contribution in [0.3, 0.4) is 0 Å². The summed E-state index contributed by atoms with van der Waals surface area (Å²) in [6, 6.07) is 8.76. The van der Waals surface area contributed by atoms with Gasteiger partial charge in [-0.2, -0.15) is 0 Å². The minimum Gasteiger partial charge on any atom is -0.496 e. The normalized spacial score (nSPS) is 10.5. The molecular weight excluding hydrogens is 406 g/mol. The number of carbonyl (C=O) groups excluding carboxylic acids is 2. The maximum Gasteiger partial charge on any atom is 0.261 e. The summed E-state index contributed by atoms with van der Waals surface area (Å²) >= 11 is 8.86. The number of methoxy groups -OCH3 is 1. The van der Waals surface area contributed by atoms with Crippen LogP contribution in [0.2, 0.25) is 5.02 Å². The molecule has 0 saturated carbocycles. The molecular formula is C18H16ClN3O3S2. The van der Waals surface area contributed by atoms with Crippen LogP contribution in [-0.2, 0) is 11.3 Å². The van der Waals surface area contributed by atoms with Gasteiger partial charge in [0.15, 0.2) is 5.13 Å². The number of hydrogen-bond donors (Lipinski definition) is 2. The molecule has 2 aromatic heterocycles.